The van der Waals surface area contributed by atoms with Crippen molar-refractivity contribution in [1.82, 2.24) is 0 Å². The highest BCUT2D eigenvalue weighted by Gasteiger charge is 2.62. The van der Waals surface area contributed by atoms with Crippen LogP contribution < -0.4 is 4.90 Å². The van der Waals surface area contributed by atoms with Crippen molar-refractivity contribution in [3.05, 3.63) is 35.9 Å². The van der Waals surface area contributed by atoms with Crippen molar-refractivity contribution >= 4 is 17.5 Å². The summed E-state index contributed by atoms with van der Waals surface area (Å²) in [6, 6.07) is 11.5. The number of fused-ring (bicyclic) bond motifs is 3. The number of nitrogens with zero attached hydrogens (tertiary/aromatic N) is 3. The predicted molar refractivity (Wildman–Crippen MR) is 88.2 cm³/mol. The summed E-state index contributed by atoms with van der Waals surface area (Å²) in [5.74, 6) is -0.267. The Kier molecular flexibility index (Phi) is 3.49. The zero-order chi connectivity index (χ0) is 16.8. The molecule has 0 aromatic heterocycles. The van der Waals surface area contributed by atoms with Gasteiger partial charge >= 0.3 is 0 Å². The molecule has 0 unspecified atom stereocenters. The highest BCUT2D eigenvalue weighted by Crippen LogP contribution is 2.53. The quantitative estimate of drug-likeness (QED) is 0.841. The minimum Gasteiger partial charge on any atom is -0.351 e. The van der Waals surface area contributed by atoms with Gasteiger partial charge in [-0.15, -0.1) is 0 Å². The van der Waals surface area contributed by atoms with Gasteiger partial charge in [-0.05, 0) is 24.5 Å². The van der Waals surface area contributed by atoms with E-state index in [9.17, 15) is 15.3 Å². The van der Waals surface area contributed by atoms with Crippen molar-refractivity contribution in [2.75, 3.05) is 4.90 Å². The Balaban J connectivity index is 2.28. The first-order valence-corrected chi connectivity index (χ1v) is 7.86. The SMILES string of the molecule is CC(=O)[C@H]1[C@@H](C(C)C)C(C#N)(C#N)[C@H]2C=Cc3ccccc3N12. The largest absolute Gasteiger partial charge is 0.351 e. The third-order valence-corrected chi connectivity index (χ3v) is 5.11. The minimum atomic E-state index is -1.21. The smallest absolute Gasteiger partial charge is 0.172 e. The monoisotopic (exact) mass is 305 g/mol. The van der Waals surface area contributed by atoms with E-state index in [-0.39, 0.29) is 17.6 Å². The first-order chi connectivity index (χ1) is 11.0. The molecule has 0 aliphatic carbocycles. The van der Waals surface area contributed by atoms with Crippen LogP contribution in [0.15, 0.2) is 30.3 Å². The number of para-hydroxylation sites is 1. The van der Waals surface area contributed by atoms with Crippen molar-refractivity contribution in [2.24, 2.45) is 17.3 Å². The number of carbonyl (C=O) groups is 1. The molecule has 2 aliphatic rings. The molecule has 1 aromatic rings. The molecule has 0 spiro atoms. The first kappa shape index (κ1) is 15.3. The second kappa shape index (κ2) is 5.25. The Hall–Kier alpha value is -2.59. The normalized spacial score (nSPS) is 27.0. The molecule has 0 radical (unpaired) electrons. The summed E-state index contributed by atoms with van der Waals surface area (Å²) in [5.41, 5.74) is 0.733. The summed E-state index contributed by atoms with van der Waals surface area (Å²) >= 11 is 0. The second-order valence-corrected chi connectivity index (χ2v) is 6.69. The lowest BCUT2D eigenvalue weighted by atomic mass is 9.68. The number of rotatable bonds is 2. The topological polar surface area (TPSA) is 67.9 Å². The van der Waals surface area contributed by atoms with Crippen molar-refractivity contribution in [3.63, 3.8) is 0 Å². The Morgan fingerprint density at radius 2 is 1.91 bits per heavy atom. The molecule has 0 bridgehead atoms. The van der Waals surface area contributed by atoms with Gasteiger partial charge in [-0.1, -0.05) is 44.2 Å². The molecule has 1 aromatic carbocycles. The van der Waals surface area contributed by atoms with Gasteiger partial charge in [0.1, 0.15) is 0 Å². The highest BCUT2D eigenvalue weighted by atomic mass is 16.1. The van der Waals surface area contributed by atoms with E-state index in [0.717, 1.165) is 11.3 Å². The average Bonchev–Trinajstić information content (AvgIpc) is 2.86. The lowest BCUT2D eigenvalue weighted by molar-refractivity contribution is -0.119. The molecule has 1 saturated heterocycles. The fraction of sp³-hybridized carbons (Fsp3) is 0.421. The molecule has 3 atom stereocenters. The van der Waals surface area contributed by atoms with Crippen LogP contribution in [0.3, 0.4) is 0 Å². The van der Waals surface area contributed by atoms with E-state index in [1.165, 1.54) is 0 Å². The Bertz CT molecular complexity index is 752. The molecule has 1 fully saturated rings. The Morgan fingerprint density at radius 3 is 2.48 bits per heavy atom. The number of nitriles is 2. The van der Waals surface area contributed by atoms with Gasteiger partial charge in [0.25, 0.3) is 0 Å². The van der Waals surface area contributed by atoms with Crippen molar-refractivity contribution in [1.29, 1.82) is 10.5 Å². The van der Waals surface area contributed by atoms with Crippen molar-refractivity contribution in [2.45, 2.75) is 32.9 Å². The molecule has 4 nitrogen and oxygen atoms in total. The zero-order valence-corrected chi connectivity index (χ0v) is 13.5. The van der Waals surface area contributed by atoms with Crippen LogP contribution in [0, 0.1) is 39.9 Å². The van der Waals surface area contributed by atoms with Crippen molar-refractivity contribution in [3.8, 4) is 12.1 Å². The molecular weight excluding hydrogens is 286 g/mol. The van der Waals surface area contributed by atoms with E-state index in [4.69, 9.17) is 0 Å². The lowest BCUT2D eigenvalue weighted by Gasteiger charge is -2.35. The minimum absolute atomic E-state index is 0.00572. The predicted octanol–water partition coefficient (Wildman–Crippen LogP) is 3.17. The molecule has 2 heterocycles. The highest BCUT2D eigenvalue weighted by molar-refractivity contribution is 5.90. The van der Waals surface area contributed by atoms with E-state index in [1.54, 1.807) is 6.92 Å². The number of benzene rings is 1. The number of carbonyl (C=O) groups excluding carboxylic acids is 1. The fourth-order valence-electron chi connectivity index (χ4n) is 4.26. The average molecular weight is 305 g/mol. The van der Waals surface area contributed by atoms with E-state index in [0.29, 0.717) is 0 Å². The summed E-state index contributed by atoms with van der Waals surface area (Å²) in [6.45, 7) is 5.53. The van der Waals surface area contributed by atoms with Crippen LogP contribution in [0.2, 0.25) is 0 Å². The molecule has 0 saturated carbocycles. The van der Waals surface area contributed by atoms with E-state index >= 15 is 0 Å². The molecule has 4 heteroatoms. The Morgan fingerprint density at radius 1 is 1.26 bits per heavy atom. The van der Waals surface area contributed by atoms with Gasteiger partial charge in [0, 0.05) is 11.6 Å². The summed E-state index contributed by atoms with van der Waals surface area (Å²) in [5, 5.41) is 19.8. The van der Waals surface area contributed by atoms with E-state index in [1.807, 2.05) is 55.2 Å². The molecule has 0 N–H and O–H groups in total. The number of hydrogen-bond acceptors (Lipinski definition) is 4. The molecule has 116 valence electrons. The van der Waals surface area contributed by atoms with Gasteiger partial charge in [0.2, 0.25) is 0 Å². The summed E-state index contributed by atoms with van der Waals surface area (Å²) < 4.78 is 0. The van der Waals surface area contributed by atoms with Gasteiger partial charge in [-0.2, -0.15) is 10.5 Å². The number of ketones is 1. The summed E-state index contributed by atoms with van der Waals surface area (Å²) in [6.07, 6.45) is 3.87. The molecule has 23 heavy (non-hydrogen) atoms. The fourth-order valence-corrected chi connectivity index (χ4v) is 4.26. The van der Waals surface area contributed by atoms with Crippen LogP contribution in [0.4, 0.5) is 5.69 Å². The van der Waals surface area contributed by atoms with Gasteiger partial charge < -0.3 is 4.90 Å². The van der Waals surface area contributed by atoms with Gasteiger partial charge in [-0.3, -0.25) is 4.79 Å². The zero-order valence-electron chi connectivity index (χ0n) is 13.5. The van der Waals surface area contributed by atoms with Crippen LogP contribution in [-0.4, -0.2) is 17.9 Å². The van der Waals surface area contributed by atoms with Gasteiger partial charge in [0.05, 0.1) is 24.2 Å². The molecule has 0 amide bonds. The number of Topliss-reactive ketones (excluding diaryl/α,β-unsaturated/α-hetero) is 1. The van der Waals surface area contributed by atoms with Crippen LogP contribution in [0.25, 0.3) is 6.08 Å². The van der Waals surface area contributed by atoms with Gasteiger partial charge in [0.15, 0.2) is 11.2 Å². The van der Waals surface area contributed by atoms with Gasteiger partial charge in [-0.25, -0.2) is 0 Å². The standard InChI is InChI=1S/C19H19N3O/c1-12(2)17-18(13(3)23)22-15-7-5-4-6-14(15)8-9-16(22)19(17,10-20)11-21/h4-9,12,16-18H,1-3H3/t16-,17-,18+/m1/s1. The van der Waals surface area contributed by atoms with E-state index < -0.39 is 17.5 Å². The summed E-state index contributed by atoms with van der Waals surface area (Å²) in [4.78, 5) is 14.5. The van der Waals surface area contributed by atoms with Crippen LogP contribution >= 0.6 is 0 Å². The van der Waals surface area contributed by atoms with E-state index in [2.05, 4.69) is 12.1 Å². The molecular formula is C19H19N3O. The maximum absolute atomic E-state index is 12.5. The maximum Gasteiger partial charge on any atom is 0.172 e. The third kappa shape index (κ3) is 1.92. The van der Waals surface area contributed by atoms with Crippen LogP contribution in [0.5, 0.6) is 0 Å². The third-order valence-electron chi connectivity index (χ3n) is 5.11. The maximum atomic E-state index is 12.5. The van der Waals surface area contributed by atoms with Crippen molar-refractivity contribution < 1.29 is 4.79 Å². The summed E-state index contributed by atoms with van der Waals surface area (Å²) in [7, 11) is 0. The molecule has 2 aliphatic heterocycles. The number of anilines is 1. The van der Waals surface area contributed by atoms with Crippen LogP contribution in [-0.2, 0) is 4.79 Å². The number of hydrogen-bond donors (Lipinski definition) is 0. The second-order valence-electron chi connectivity index (χ2n) is 6.69. The lowest BCUT2D eigenvalue weighted by Crippen LogP contribution is -2.44. The molecule has 3 rings (SSSR count). The van der Waals surface area contributed by atoms with Crippen LogP contribution in [0.1, 0.15) is 26.3 Å². The first-order valence-electron chi connectivity index (χ1n) is 7.86. The Labute approximate surface area is 136 Å².